The zero-order valence-electron chi connectivity index (χ0n) is 10.8. The lowest BCUT2D eigenvalue weighted by Crippen LogP contribution is -2.28. The molecule has 106 valence electrons. The highest BCUT2D eigenvalue weighted by Crippen LogP contribution is 2.25. The first-order valence-electron chi connectivity index (χ1n) is 6.70. The quantitative estimate of drug-likeness (QED) is 0.904. The van der Waals surface area contributed by atoms with Gasteiger partial charge in [0, 0.05) is 12.7 Å². The monoisotopic (exact) mass is 286 g/mol. The van der Waals surface area contributed by atoms with Crippen molar-refractivity contribution in [3.63, 3.8) is 0 Å². The van der Waals surface area contributed by atoms with Gasteiger partial charge in [-0.2, -0.15) is 0 Å². The van der Waals surface area contributed by atoms with Gasteiger partial charge in [-0.25, -0.2) is 22.5 Å². The maximum Gasteiger partial charge on any atom is 0.261 e. The van der Waals surface area contributed by atoms with Crippen molar-refractivity contribution in [2.24, 2.45) is 5.92 Å². The Morgan fingerprint density at radius 1 is 1.32 bits per heavy atom. The van der Waals surface area contributed by atoms with Gasteiger partial charge in [0.25, 0.3) is 10.0 Å². The molecule has 0 radical (unpaired) electrons. The maximum atomic E-state index is 13.4. The van der Waals surface area contributed by atoms with Gasteiger partial charge in [0.05, 0.1) is 0 Å². The summed E-state index contributed by atoms with van der Waals surface area (Å²) in [6.07, 6.45) is 8.16. The molecule has 0 aromatic carbocycles. The summed E-state index contributed by atoms with van der Waals surface area (Å²) in [6, 6.07) is 2.47. The molecule has 0 aliphatic heterocycles. The molecule has 0 spiro atoms. The number of aromatic nitrogens is 1. The molecule has 0 saturated heterocycles. The van der Waals surface area contributed by atoms with Crippen LogP contribution in [-0.2, 0) is 10.0 Å². The summed E-state index contributed by atoms with van der Waals surface area (Å²) in [5.41, 5.74) is 0. The smallest absolute Gasteiger partial charge is 0.241 e. The number of hydrogen-bond acceptors (Lipinski definition) is 3. The Kier molecular flexibility index (Phi) is 4.87. The van der Waals surface area contributed by atoms with Crippen molar-refractivity contribution < 1.29 is 12.8 Å². The zero-order valence-corrected chi connectivity index (χ0v) is 11.6. The molecule has 2 rings (SSSR count). The van der Waals surface area contributed by atoms with Crippen LogP contribution in [0.4, 0.5) is 4.39 Å². The van der Waals surface area contributed by atoms with Crippen molar-refractivity contribution in [3.8, 4) is 0 Å². The Balaban J connectivity index is 1.89. The van der Waals surface area contributed by atoms with E-state index >= 15 is 0 Å². The summed E-state index contributed by atoms with van der Waals surface area (Å²) >= 11 is 0. The minimum Gasteiger partial charge on any atom is -0.241 e. The molecule has 6 heteroatoms. The van der Waals surface area contributed by atoms with Crippen LogP contribution in [0.3, 0.4) is 0 Å². The number of rotatable bonds is 5. The Hall–Kier alpha value is -1.01. The topological polar surface area (TPSA) is 59.1 Å². The van der Waals surface area contributed by atoms with Gasteiger partial charge in [-0.05, 0) is 24.5 Å². The first-order chi connectivity index (χ1) is 9.09. The second-order valence-electron chi connectivity index (χ2n) is 4.98. The number of pyridine rings is 1. The number of hydrogen-bond donors (Lipinski definition) is 1. The molecule has 0 amide bonds. The molecule has 4 nitrogen and oxygen atoms in total. The van der Waals surface area contributed by atoms with E-state index in [-0.39, 0.29) is 0 Å². The number of nitrogens with one attached hydrogen (secondary N) is 1. The Bertz CT molecular complexity index is 513. The fourth-order valence-corrected chi connectivity index (χ4v) is 3.56. The van der Waals surface area contributed by atoms with Gasteiger partial charge >= 0.3 is 0 Å². The highest BCUT2D eigenvalue weighted by molar-refractivity contribution is 7.89. The average molecular weight is 286 g/mol. The highest BCUT2D eigenvalue weighted by Gasteiger charge is 2.21. The molecule has 1 N–H and O–H groups in total. The van der Waals surface area contributed by atoms with Crippen LogP contribution in [0, 0.1) is 11.7 Å². The van der Waals surface area contributed by atoms with E-state index in [1.807, 2.05) is 0 Å². The van der Waals surface area contributed by atoms with E-state index < -0.39 is 20.9 Å². The Morgan fingerprint density at radius 2 is 2.05 bits per heavy atom. The summed E-state index contributed by atoms with van der Waals surface area (Å²) in [5.74, 6) is -0.224. The molecule has 1 fully saturated rings. The van der Waals surface area contributed by atoms with E-state index in [0.717, 1.165) is 12.5 Å². The first kappa shape index (κ1) is 14.4. The predicted molar refractivity (Wildman–Crippen MR) is 70.6 cm³/mol. The third-order valence-electron chi connectivity index (χ3n) is 3.55. The van der Waals surface area contributed by atoms with Crippen molar-refractivity contribution >= 4 is 10.0 Å². The summed E-state index contributed by atoms with van der Waals surface area (Å²) in [6.45, 7) is 0.350. The summed E-state index contributed by atoms with van der Waals surface area (Å²) in [5, 5.41) is -0.515. The van der Waals surface area contributed by atoms with Crippen LogP contribution < -0.4 is 4.72 Å². The van der Waals surface area contributed by atoms with Crippen molar-refractivity contribution in [2.45, 2.75) is 43.6 Å². The van der Waals surface area contributed by atoms with E-state index in [4.69, 9.17) is 0 Å². The van der Waals surface area contributed by atoms with E-state index in [2.05, 4.69) is 9.71 Å². The predicted octanol–water partition coefficient (Wildman–Crippen LogP) is 2.47. The molecule has 1 aliphatic rings. The van der Waals surface area contributed by atoms with Gasteiger partial charge < -0.3 is 0 Å². The zero-order chi connectivity index (χ0) is 13.7. The minimum absolute atomic E-state index is 0.350. The van der Waals surface area contributed by atoms with E-state index in [9.17, 15) is 12.8 Å². The normalized spacial score (nSPS) is 17.5. The fraction of sp³-hybridized carbons (Fsp3) is 0.615. The van der Waals surface area contributed by atoms with Crippen LogP contribution >= 0.6 is 0 Å². The average Bonchev–Trinajstić information content (AvgIpc) is 2.40. The summed E-state index contributed by atoms with van der Waals surface area (Å²) in [7, 11) is -3.83. The number of sulfonamides is 1. The number of halogens is 1. The van der Waals surface area contributed by atoms with Gasteiger partial charge in [-0.1, -0.05) is 32.1 Å². The Labute approximate surface area is 113 Å². The van der Waals surface area contributed by atoms with Crippen LogP contribution in [0.5, 0.6) is 0 Å². The van der Waals surface area contributed by atoms with Crippen molar-refractivity contribution in [3.05, 3.63) is 24.1 Å². The van der Waals surface area contributed by atoms with Crippen LogP contribution in [0.25, 0.3) is 0 Å². The molecular weight excluding hydrogens is 267 g/mol. The molecule has 0 atom stereocenters. The second kappa shape index (κ2) is 6.43. The van der Waals surface area contributed by atoms with Crippen molar-refractivity contribution in [1.82, 2.24) is 9.71 Å². The second-order valence-corrected chi connectivity index (χ2v) is 6.66. The first-order valence-corrected chi connectivity index (χ1v) is 8.18. The summed E-state index contributed by atoms with van der Waals surface area (Å²) in [4.78, 5) is 3.59. The third kappa shape index (κ3) is 3.98. The molecule has 19 heavy (non-hydrogen) atoms. The van der Waals surface area contributed by atoms with E-state index in [0.29, 0.717) is 12.5 Å². The lowest BCUT2D eigenvalue weighted by molar-refractivity contribution is 0.339. The van der Waals surface area contributed by atoms with Gasteiger partial charge in [0.1, 0.15) is 0 Å². The molecule has 0 bridgehead atoms. The molecule has 1 heterocycles. The fourth-order valence-electron chi connectivity index (χ4n) is 2.51. The van der Waals surface area contributed by atoms with Gasteiger partial charge in [-0.3, -0.25) is 0 Å². The van der Waals surface area contributed by atoms with Crippen LogP contribution in [-0.4, -0.2) is 19.9 Å². The molecular formula is C13H19FN2O2S. The maximum absolute atomic E-state index is 13.4. The van der Waals surface area contributed by atoms with Crippen molar-refractivity contribution in [1.29, 1.82) is 0 Å². The molecule has 1 aliphatic carbocycles. The van der Waals surface area contributed by atoms with Gasteiger partial charge in [-0.15, -0.1) is 0 Å². The van der Waals surface area contributed by atoms with Gasteiger partial charge in [0.15, 0.2) is 5.82 Å². The lowest BCUT2D eigenvalue weighted by atomic mass is 9.87. The van der Waals surface area contributed by atoms with Crippen LogP contribution in [0.2, 0.25) is 0 Å². The van der Waals surface area contributed by atoms with Crippen LogP contribution in [0.1, 0.15) is 38.5 Å². The molecule has 0 unspecified atom stereocenters. The molecule has 1 aromatic heterocycles. The third-order valence-corrected chi connectivity index (χ3v) is 4.94. The minimum atomic E-state index is -3.83. The summed E-state index contributed by atoms with van der Waals surface area (Å²) < 4.78 is 39.6. The lowest BCUT2D eigenvalue weighted by Gasteiger charge is -2.21. The standard InChI is InChI=1S/C13H19FN2O2S/c14-12-7-4-9-15-13(12)19(17,18)16-10-8-11-5-2-1-3-6-11/h4,7,9,11,16H,1-3,5-6,8,10H2. The number of nitrogens with zero attached hydrogens (tertiary/aromatic N) is 1. The van der Waals surface area contributed by atoms with Crippen molar-refractivity contribution in [2.75, 3.05) is 6.54 Å². The molecule has 1 aromatic rings. The molecule has 1 saturated carbocycles. The highest BCUT2D eigenvalue weighted by atomic mass is 32.2. The SMILES string of the molecule is O=S(=O)(NCCC1CCCCC1)c1ncccc1F. The van der Waals surface area contributed by atoms with Gasteiger partial charge in [0.2, 0.25) is 5.03 Å². The van der Waals surface area contributed by atoms with E-state index in [1.165, 1.54) is 44.4 Å². The Morgan fingerprint density at radius 3 is 2.74 bits per heavy atom. The van der Waals surface area contributed by atoms with Crippen LogP contribution in [0.15, 0.2) is 23.4 Å². The van der Waals surface area contributed by atoms with E-state index in [1.54, 1.807) is 0 Å². The largest absolute Gasteiger partial charge is 0.261 e.